The van der Waals surface area contributed by atoms with Gasteiger partial charge in [0.1, 0.15) is 0 Å². The number of nitrogens with zero attached hydrogens (tertiary/aromatic N) is 2. The minimum Gasteiger partial charge on any atom is -0.379 e. The monoisotopic (exact) mass is 410 g/mol. The second-order valence-electron chi connectivity index (χ2n) is 7.04. The first kappa shape index (κ1) is 21.5. The second-order valence-corrected chi connectivity index (χ2v) is 8.02. The summed E-state index contributed by atoms with van der Waals surface area (Å²) < 4.78 is 16.7. The van der Waals surface area contributed by atoms with Crippen LogP contribution >= 0.6 is 11.3 Å². The Morgan fingerprint density at radius 1 is 1.32 bits per heavy atom. The van der Waals surface area contributed by atoms with Crippen LogP contribution < -0.4 is 10.6 Å². The summed E-state index contributed by atoms with van der Waals surface area (Å²) in [4.78, 5) is 8.73. The maximum atomic E-state index is 5.83. The third-order valence-electron chi connectivity index (χ3n) is 4.98. The molecule has 8 heteroatoms. The Kier molecular flexibility index (Phi) is 9.52. The Morgan fingerprint density at radius 3 is 2.93 bits per heavy atom. The van der Waals surface area contributed by atoms with Gasteiger partial charge in [0, 0.05) is 44.3 Å². The summed E-state index contributed by atoms with van der Waals surface area (Å²) in [5.41, 5.74) is 0. The molecule has 2 fully saturated rings. The summed E-state index contributed by atoms with van der Waals surface area (Å²) >= 11 is 1.81. The summed E-state index contributed by atoms with van der Waals surface area (Å²) in [5.74, 6) is 0.876. The molecule has 2 aliphatic heterocycles. The van der Waals surface area contributed by atoms with Crippen molar-refractivity contribution in [3.63, 3.8) is 0 Å². The molecule has 0 spiro atoms. The third-order valence-corrected chi connectivity index (χ3v) is 5.95. The van der Waals surface area contributed by atoms with Crippen molar-refractivity contribution in [2.45, 2.75) is 31.9 Å². The molecule has 0 amide bonds. The zero-order valence-electron chi connectivity index (χ0n) is 16.9. The lowest BCUT2D eigenvalue weighted by Crippen LogP contribution is -2.41. The Labute approximate surface area is 172 Å². The van der Waals surface area contributed by atoms with Crippen molar-refractivity contribution < 1.29 is 14.2 Å². The van der Waals surface area contributed by atoms with Gasteiger partial charge in [-0.25, -0.2) is 0 Å². The fraction of sp³-hybridized carbons (Fsp3) is 0.750. The minimum absolute atomic E-state index is 0.280. The van der Waals surface area contributed by atoms with Gasteiger partial charge < -0.3 is 24.8 Å². The fourth-order valence-electron chi connectivity index (χ4n) is 3.45. The molecule has 28 heavy (non-hydrogen) atoms. The molecule has 3 heterocycles. The topological polar surface area (TPSA) is 67.4 Å². The molecule has 2 aliphatic rings. The quantitative estimate of drug-likeness (QED) is 0.349. The van der Waals surface area contributed by atoms with E-state index in [0.717, 1.165) is 84.6 Å². The predicted molar refractivity (Wildman–Crippen MR) is 113 cm³/mol. The van der Waals surface area contributed by atoms with Gasteiger partial charge in [-0.1, -0.05) is 6.07 Å². The molecule has 0 aliphatic carbocycles. The van der Waals surface area contributed by atoms with E-state index in [0.29, 0.717) is 6.04 Å². The highest BCUT2D eigenvalue weighted by Gasteiger charge is 2.23. The van der Waals surface area contributed by atoms with Crippen LogP contribution in [-0.2, 0) is 14.2 Å². The van der Waals surface area contributed by atoms with Gasteiger partial charge in [-0.2, -0.15) is 0 Å². The van der Waals surface area contributed by atoms with Crippen molar-refractivity contribution in [1.29, 1.82) is 0 Å². The minimum atomic E-state index is 0.280. The Balaban J connectivity index is 1.47. The molecule has 3 rings (SSSR count). The zero-order chi connectivity index (χ0) is 19.4. The summed E-state index contributed by atoms with van der Waals surface area (Å²) in [5, 5.41) is 8.94. The maximum absolute atomic E-state index is 5.83. The summed E-state index contributed by atoms with van der Waals surface area (Å²) in [6.07, 6.45) is 2.25. The van der Waals surface area contributed by atoms with E-state index in [4.69, 9.17) is 19.2 Å². The number of nitrogens with one attached hydrogen (secondary N) is 2. The molecular weight excluding hydrogens is 376 g/mol. The van der Waals surface area contributed by atoms with E-state index in [9.17, 15) is 0 Å². The van der Waals surface area contributed by atoms with Crippen molar-refractivity contribution in [2.24, 2.45) is 4.99 Å². The van der Waals surface area contributed by atoms with Crippen molar-refractivity contribution in [1.82, 2.24) is 15.5 Å². The number of guanidine groups is 1. The predicted octanol–water partition coefficient (Wildman–Crippen LogP) is 1.87. The molecule has 158 valence electrons. The van der Waals surface area contributed by atoms with Crippen molar-refractivity contribution in [3.8, 4) is 0 Å². The molecule has 2 saturated heterocycles. The number of hydrogen-bond acceptors (Lipinski definition) is 6. The van der Waals surface area contributed by atoms with Gasteiger partial charge in [0.25, 0.3) is 0 Å². The van der Waals surface area contributed by atoms with Gasteiger partial charge >= 0.3 is 0 Å². The summed E-state index contributed by atoms with van der Waals surface area (Å²) in [7, 11) is 0. The molecule has 2 unspecified atom stereocenters. The summed E-state index contributed by atoms with van der Waals surface area (Å²) in [6.45, 7) is 10.4. The largest absolute Gasteiger partial charge is 0.379 e. The van der Waals surface area contributed by atoms with Crippen molar-refractivity contribution in [2.75, 3.05) is 65.8 Å². The van der Waals surface area contributed by atoms with Crippen LogP contribution in [0, 0.1) is 0 Å². The molecule has 0 aromatic carbocycles. The number of aliphatic imine (C=N–C) groups is 1. The average molecular weight is 411 g/mol. The number of ether oxygens (including phenoxy) is 3. The van der Waals surface area contributed by atoms with E-state index in [-0.39, 0.29) is 6.10 Å². The van der Waals surface area contributed by atoms with Crippen LogP contribution in [0.5, 0.6) is 0 Å². The first-order valence-electron chi connectivity index (χ1n) is 10.4. The highest BCUT2D eigenvalue weighted by atomic mass is 32.1. The second kappa shape index (κ2) is 12.4. The standard InChI is InChI=1S/C20H34N4O3S/c1-2-21-20(22-7-4-10-27-17-6-11-26-16-17)23-15-18(19-5-3-14-28-19)24-8-12-25-13-9-24/h3,5,14,17-18H,2,4,6-13,15-16H2,1H3,(H2,21,22,23). The Hall–Kier alpha value is -1.19. The first-order valence-corrected chi connectivity index (χ1v) is 11.3. The molecule has 2 N–H and O–H groups in total. The van der Waals surface area contributed by atoms with Gasteiger partial charge in [0.2, 0.25) is 0 Å². The van der Waals surface area contributed by atoms with E-state index in [1.807, 2.05) is 0 Å². The number of rotatable bonds is 10. The van der Waals surface area contributed by atoms with E-state index in [1.165, 1.54) is 4.88 Å². The fourth-order valence-corrected chi connectivity index (χ4v) is 4.30. The number of thiophene rings is 1. The molecule has 0 bridgehead atoms. The van der Waals surface area contributed by atoms with Crippen molar-refractivity contribution >= 4 is 17.3 Å². The normalized spacial score (nSPS) is 22.3. The lowest BCUT2D eigenvalue weighted by Gasteiger charge is -2.33. The molecule has 7 nitrogen and oxygen atoms in total. The Bertz CT molecular complexity index is 558. The van der Waals surface area contributed by atoms with E-state index in [1.54, 1.807) is 11.3 Å². The molecule has 0 saturated carbocycles. The summed E-state index contributed by atoms with van der Waals surface area (Å²) in [6, 6.07) is 4.64. The van der Waals surface area contributed by atoms with Crippen molar-refractivity contribution in [3.05, 3.63) is 22.4 Å². The molecule has 0 radical (unpaired) electrons. The lowest BCUT2D eigenvalue weighted by atomic mass is 10.2. The lowest BCUT2D eigenvalue weighted by molar-refractivity contribution is 0.0186. The van der Waals surface area contributed by atoms with Crippen LogP contribution in [-0.4, -0.2) is 82.7 Å². The molecular formula is C20H34N4O3S. The molecule has 1 aromatic rings. The third kappa shape index (κ3) is 7.00. The number of hydrogen-bond donors (Lipinski definition) is 2. The van der Waals surface area contributed by atoms with E-state index >= 15 is 0 Å². The highest BCUT2D eigenvalue weighted by molar-refractivity contribution is 7.10. The smallest absolute Gasteiger partial charge is 0.191 e. The van der Waals surface area contributed by atoms with Gasteiger partial charge in [0.05, 0.1) is 38.5 Å². The maximum Gasteiger partial charge on any atom is 0.191 e. The SMILES string of the molecule is CCNC(=NCC(c1cccs1)N1CCOCC1)NCCCOC1CCOC1. The van der Waals surface area contributed by atoms with Crippen LogP contribution in [0.25, 0.3) is 0 Å². The van der Waals surface area contributed by atoms with Crippen LogP contribution in [0.3, 0.4) is 0 Å². The van der Waals surface area contributed by atoms with Crippen LogP contribution in [0.15, 0.2) is 22.5 Å². The van der Waals surface area contributed by atoms with Crippen LogP contribution in [0.1, 0.15) is 30.7 Å². The van der Waals surface area contributed by atoms with E-state index < -0.39 is 0 Å². The highest BCUT2D eigenvalue weighted by Crippen LogP contribution is 2.26. The van der Waals surface area contributed by atoms with Crippen LogP contribution in [0.2, 0.25) is 0 Å². The van der Waals surface area contributed by atoms with E-state index in [2.05, 4.69) is 40.0 Å². The van der Waals surface area contributed by atoms with Gasteiger partial charge in [-0.3, -0.25) is 9.89 Å². The van der Waals surface area contributed by atoms with Gasteiger partial charge in [0.15, 0.2) is 5.96 Å². The molecule has 2 atom stereocenters. The number of morpholine rings is 1. The first-order chi connectivity index (χ1) is 13.9. The van der Waals surface area contributed by atoms with Gasteiger partial charge in [-0.15, -0.1) is 11.3 Å². The van der Waals surface area contributed by atoms with Gasteiger partial charge in [-0.05, 0) is 31.2 Å². The average Bonchev–Trinajstić information content (AvgIpc) is 3.43. The van der Waals surface area contributed by atoms with Crippen LogP contribution in [0.4, 0.5) is 0 Å². The Morgan fingerprint density at radius 2 is 2.21 bits per heavy atom. The molecule has 1 aromatic heterocycles. The zero-order valence-corrected chi connectivity index (χ0v) is 17.7.